The Kier molecular flexibility index (Phi) is 7.03. The fraction of sp³-hybridized carbons (Fsp3) is 0.667. The van der Waals surface area contributed by atoms with Gasteiger partial charge in [0, 0.05) is 6.54 Å². The van der Waals surface area contributed by atoms with E-state index in [0.29, 0.717) is 18.3 Å². The van der Waals surface area contributed by atoms with Crippen molar-refractivity contribution in [1.82, 2.24) is 9.88 Å². The van der Waals surface area contributed by atoms with Gasteiger partial charge >= 0.3 is 11.1 Å². The van der Waals surface area contributed by atoms with E-state index >= 15 is 0 Å². The lowest BCUT2D eigenvalue weighted by Gasteiger charge is -2.20. The Morgan fingerprint density at radius 2 is 2.19 bits per heavy atom. The van der Waals surface area contributed by atoms with Crippen LogP contribution < -0.4 is 4.90 Å². The summed E-state index contributed by atoms with van der Waals surface area (Å²) in [6.07, 6.45) is 2.09. The highest BCUT2D eigenvalue weighted by molar-refractivity contribution is 7.18. The standard InChI is InChI=1S/C12H20N4O4S/c1-4-8-20-12(17)15(7-5-6-14(2)3)11-13-9-10(21-11)16(18)19/h9H,4-8H2,1-3H3. The van der Waals surface area contributed by atoms with Crippen LogP contribution in [0.2, 0.25) is 0 Å². The first kappa shape index (κ1) is 17.3. The molecule has 0 atom stereocenters. The van der Waals surface area contributed by atoms with Crippen LogP contribution in [0.1, 0.15) is 19.8 Å². The number of ether oxygens (including phenoxy) is 1. The van der Waals surface area contributed by atoms with Gasteiger partial charge in [-0.25, -0.2) is 9.78 Å². The van der Waals surface area contributed by atoms with Crippen LogP contribution in [0.4, 0.5) is 14.9 Å². The topological polar surface area (TPSA) is 88.8 Å². The monoisotopic (exact) mass is 316 g/mol. The number of hydrogen-bond donors (Lipinski definition) is 0. The van der Waals surface area contributed by atoms with Gasteiger partial charge in [0.1, 0.15) is 6.20 Å². The third kappa shape index (κ3) is 5.64. The van der Waals surface area contributed by atoms with Gasteiger partial charge in [-0.3, -0.25) is 15.0 Å². The molecule has 0 N–H and O–H groups in total. The predicted molar refractivity (Wildman–Crippen MR) is 80.9 cm³/mol. The minimum absolute atomic E-state index is 0.0918. The number of nitrogens with zero attached hydrogens (tertiary/aromatic N) is 4. The summed E-state index contributed by atoms with van der Waals surface area (Å²) in [5.74, 6) is 0. The molecule has 0 aliphatic heterocycles. The Morgan fingerprint density at radius 1 is 1.48 bits per heavy atom. The molecule has 0 fully saturated rings. The third-order valence-electron chi connectivity index (χ3n) is 2.53. The molecular weight excluding hydrogens is 296 g/mol. The van der Waals surface area contributed by atoms with E-state index < -0.39 is 11.0 Å². The molecule has 0 radical (unpaired) electrons. The van der Waals surface area contributed by atoms with E-state index in [9.17, 15) is 14.9 Å². The van der Waals surface area contributed by atoms with E-state index in [4.69, 9.17) is 4.74 Å². The van der Waals surface area contributed by atoms with E-state index in [1.54, 1.807) is 0 Å². The smallest absolute Gasteiger partial charge is 0.416 e. The minimum atomic E-state index is -0.517. The summed E-state index contributed by atoms with van der Waals surface area (Å²) >= 11 is 0.871. The highest BCUT2D eigenvalue weighted by Gasteiger charge is 2.23. The number of carbonyl (C=O) groups is 1. The summed E-state index contributed by atoms with van der Waals surface area (Å²) in [4.78, 5) is 29.6. The van der Waals surface area contributed by atoms with Crippen LogP contribution >= 0.6 is 11.3 Å². The predicted octanol–water partition coefficient (Wildman–Crippen LogP) is 2.36. The van der Waals surface area contributed by atoms with E-state index in [1.165, 1.54) is 4.90 Å². The molecule has 1 rings (SSSR count). The second kappa shape index (κ2) is 8.53. The van der Waals surface area contributed by atoms with Crippen LogP contribution in [0, 0.1) is 10.1 Å². The first-order valence-corrected chi connectivity index (χ1v) is 7.46. The van der Waals surface area contributed by atoms with Crippen LogP contribution in [-0.2, 0) is 4.74 Å². The summed E-state index contributed by atoms with van der Waals surface area (Å²) in [5.41, 5.74) is 0. The van der Waals surface area contributed by atoms with Crippen molar-refractivity contribution in [2.24, 2.45) is 0 Å². The summed E-state index contributed by atoms with van der Waals surface area (Å²) in [7, 11) is 3.88. The van der Waals surface area contributed by atoms with E-state index in [1.807, 2.05) is 25.9 Å². The van der Waals surface area contributed by atoms with Crippen LogP contribution in [0.5, 0.6) is 0 Å². The molecule has 0 aliphatic rings. The number of rotatable bonds is 8. The molecule has 0 bridgehead atoms. The Labute approximate surface area is 127 Å². The molecule has 9 heteroatoms. The fourth-order valence-corrected chi connectivity index (χ4v) is 2.29. The summed E-state index contributed by atoms with van der Waals surface area (Å²) in [6.45, 7) is 3.42. The summed E-state index contributed by atoms with van der Waals surface area (Å²) in [6, 6.07) is 0. The van der Waals surface area contributed by atoms with Gasteiger partial charge in [-0.1, -0.05) is 6.92 Å². The van der Waals surface area contributed by atoms with Gasteiger partial charge < -0.3 is 9.64 Å². The van der Waals surface area contributed by atoms with Crippen LogP contribution in [0.15, 0.2) is 6.20 Å². The maximum atomic E-state index is 12.0. The van der Waals surface area contributed by atoms with E-state index in [-0.39, 0.29) is 5.00 Å². The average molecular weight is 316 g/mol. The molecule has 1 aromatic heterocycles. The van der Waals surface area contributed by atoms with E-state index in [0.717, 1.165) is 36.9 Å². The van der Waals surface area contributed by atoms with Crippen molar-refractivity contribution in [3.8, 4) is 0 Å². The van der Waals surface area contributed by atoms with Crippen molar-refractivity contribution in [2.45, 2.75) is 19.8 Å². The summed E-state index contributed by atoms with van der Waals surface area (Å²) in [5, 5.41) is 10.9. The van der Waals surface area contributed by atoms with E-state index in [2.05, 4.69) is 4.98 Å². The lowest BCUT2D eigenvalue weighted by Crippen LogP contribution is -2.34. The molecular formula is C12H20N4O4S. The zero-order chi connectivity index (χ0) is 15.8. The highest BCUT2D eigenvalue weighted by atomic mass is 32.1. The number of hydrogen-bond acceptors (Lipinski definition) is 7. The van der Waals surface area contributed by atoms with Gasteiger partial charge in [0.2, 0.25) is 5.13 Å². The second-order valence-electron chi connectivity index (χ2n) is 4.66. The van der Waals surface area contributed by atoms with Crippen LogP contribution in [-0.4, -0.2) is 54.7 Å². The molecule has 0 saturated carbocycles. The molecule has 8 nitrogen and oxygen atoms in total. The molecule has 1 amide bonds. The van der Waals surface area contributed by atoms with Crippen LogP contribution in [0.25, 0.3) is 0 Å². The molecule has 0 unspecified atom stereocenters. The van der Waals surface area contributed by atoms with Gasteiger partial charge in [-0.2, -0.15) is 0 Å². The number of amides is 1. The second-order valence-corrected chi connectivity index (χ2v) is 5.65. The molecule has 1 heterocycles. The normalized spacial score (nSPS) is 10.7. The Morgan fingerprint density at radius 3 is 2.71 bits per heavy atom. The number of aromatic nitrogens is 1. The number of thiazole rings is 1. The molecule has 0 aliphatic carbocycles. The van der Waals surface area contributed by atoms with Crippen molar-refractivity contribution in [1.29, 1.82) is 0 Å². The lowest BCUT2D eigenvalue weighted by atomic mass is 10.4. The van der Waals surface area contributed by atoms with Crippen molar-refractivity contribution in [3.05, 3.63) is 16.3 Å². The quantitative estimate of drug-likeness (QED) is 0.540. The van der Waals surface area contributed by atoms with Crippen molar-refractivity contribution in [2.75, 3.05) is 38.7 Å². The molecule has 21 heavy (non-hydrogen) atoms. The minimum Gasteiger partial charge on any atom is -0.449 e. The Bertz CT molecular complexity index is 478. The molecule has 0 saturated heterocycles. The van der Waals surface area contributed by atoms with Crippen molar-refractivity contribution < 1.29 is 14.5 Å². The van der Waals surface area contributed by atoms with Gasteiger partial charge in [-0.05, 0) is 44.8 Å². The lowest BCUT2D eigenvalue weighted by molar-refractivity contribution is -0.380. The number of anilines is 1. The zero-order valence-corrected chi connectivity index (χ0v) is 13.3. The highest BCUT2D eigenvalue weighted by Crippen LogP contribution is 2.28. The number of nitro groups is 1. The number of carbonyl (C=O) groups excluding carboxylic acids is 1. The third-order valence-corrected chi connectivity index (χ3v) is 3.50. The maximum absolute atomic E-state index is 12.0. The Hall–Kier alpha value is -1.74. The van der Waals surface area contributed by atoms with Gasteiger partial charge in [0.15, 0.2) is 0 Å². The first-order chi connectivity index (χ1) is 9.95. The van der Waals surface area contributed by atoms with Crippen molar-refractivity contribution in [3.63, 3.8) is 0 Å². The summed E-state index contributed by atoms with van der Waals surface area (Å²) < 4.78 is 5.11. The van der Waals surface area contributed by atoms with Crippen LogP contribution in [0.3, 0.4) is 0 Å². The zero-order valence-electron chi connectivity index (χ0n) is 12.4. The largest absolute Gasteiger partial charge is 0.449 e. The average Bonchev–Trinajstić information content (AvgIpc) is 2.90. The van der Waals surface area contributed by atoms with Gasteiger partial charge in [0.25, 0.3) is 0 Å². The fourth-order valence-electron chi connectivity index (χ4n) is 1.54. The maximum Gasteiger partial charge on any atom is 0.416 e. The first-order valence-electron chi connectivity index (χ1n) is 6.65. The molecule has 0 spiro atoms. The Balaban J connectivity index is 2.78. The van der Waals surface area contributed by atoms with Gasteiger partial charge in [0.05, 0.1) is 11.5 Å². The van der Waals surface area contributed by atoms with Crippen molar-refractivity contribution >= 4 is 27.6 Å². The molecule has 118 valence electrons. The SMILES string of the molecule is CCCOC(=O)N(CCCN(C)C)c1ncc([N+](=O)[O-])s1. The van der Waals surface area contributed by atoms with Gasteiger partial charge in [-0.15, -0.1) is 0 Å². The molecule has 0 aromatic carbocycles. The molecule has 1 aromatic rings.